The number of rotatable bonds is 5. The summed E-state index contributed by atoms with van der Waals surface area (Å²) in [6.07, 6.45) is 2.24. The molecule has 0 saturated heterocycles. The molecular weight excluding hydrogens is 305 g/mol. The maximum absolute atomic E-state index is 12.8. The number of nitrogens with zero attached hydrogens (tertiary/aromatic N) is 2. The largest absolute Gasteiger partial charge is 0.465 e. The fourth-order valence-corrected chi connectivity index (χ4v) is 1.83. The molecule has 1 heterocycles. The van der Waals surface area contributed by atoms with Gasteiger partial charge in [0.15, 0.2) is 0 Å². The lowest BCUT2D eigenvalue weighted by molar-refractivity contribution is -0.121. The molecule has 0 fully saturated rings. The Hall–Kier alpha value is -3.03. The standard InChI is InChI=1S/C15H14FN3O4/c1-23-15(22)12-7-17-9-19(14(12)21)8-13(20)18-6-10-2-4-11(16)5-3-10/h2-5,7,9H,6,8H2,1H3,(H,18,20). The summed E-state index contributed by atoms with van der Waals surface area (Å²) in [7, 11) is 1.15. The van der Waals surface area contributed by atoms with Crippen LogP contribution in [0, 0.1) is 5.82 Å². The zero-order valence-electron chi connectivity index (χ0n) is 12.3. The molecule has 0 unspecified atom stereocenters. The van der Waals surface area contributed by atoms with Crippen LogP contribution in [-0.2, 0) is 22.6 Å². The van der Waals surface area contributed by atoms with Crippen LogP contribution < -0.4 is 10.9 Å². The van der Waals surface area contributed by atoms with E-state index in [-0.39, 0.29) is 24.5 Å². The van der Waals surface area contributed by atoms with E-state index in [1.54, 1.807) is 12.1 Å². The van der Waals surface area contributed by atoms with Crippen molar-refractivity contribution in [2.45, 2.75) is 13.1 Å². The van der Waals surface area contributed by atoms with Crippen molar-refractivity contribution in [3.05, 3.63) is 64.1 Å². The highest BCUT2D eigenvalue weighted by Crippen LogP contribution is 2.02. The first kappa shape index (κ1) is 16.3. The Morgan fingerprint density at radius 3 is 2.65 bits per heavy atom. The molecule has 0 aliphatic heterocycles. The average Bonchev–Trinajstić information content (AvgIpc) is 2.55. The van der Waals surface area contributed by atoms with E-state index in [1.807, 2.05) is 0 Å². The summed E-state index contributed by atoms with van der Waals surface area (Å²) < 4.78 is 18.3. The van der Waals surface area contributed by atoms with Gasteiger partial charge in [0, 0.05) is 12.7 Å². The van der Waals surface area contributed by atoms with Gasteiger partial charge < -0.3 is 10.1 Å². The minimum atomic E-state index is -0.816. The molecule has 0 spiro atoms. The van der Waals surface area contributed by atoms with Crippen LogP contribution in [0.2, 0.25) is 0 Å². The van der Waals surface area contributed by atoms with Crippen LogP contribution in [0.1, 0.15) is 15.9 Å². The molecule has 1 aromatic carbocycles. The van der Waals surface area contributed by atoms with Crippen molar-refractivity contribution >= 4 is 11.9 Å². The molecule has 0 aliphatic carbocycles. The Morgan fingerprint density at radius 2 is 2.00 bits per heavy atom. The molecule has 0 radical (unpaired) electrons. The van der Waals surface area contributed by atoms with E-state index >= 15 is 0 Å². The van der Waals surface area contributed by atoms with E-state index in [0.29, 0.717) is 5.56 Å². The maximum Gasteiger partial charge on any atom is 0.345 e. The Morgan fingerprint density at radius 1 is 1.30 bits per heavy atom. The van der Waals surface area contributed by atoms with Gasteiger partial charge in [-0.3, -0.25) is 14.2 Å². The first-order valence-electron chi connectivity index (χ1n) is 6.65. The highest BCUT2D eigenvalue weighted by molar-refractivity contribution is 5.88. The Labute approximate surface area is 130 Å². The SMILES string of the molecule is COC(=O)c1cncn(CC(=O)NCc2ccc(F)cc2)c1=O. The summed E-state index contributed by atoms with van der Waals surface area (Å²) in [5.41, 5.74) is -0.196. The summed E-state index contributed by atoms with van der Waals surface area (Å²) >= 11 is 0. The van der Waals surface area contributed by atoms with Gasteiger partial charge in [0.1, 0.15) is 17.9 Å². The lowest BCUT2D eigenvalue weighted by atomic mass is 10.2. The molecule has 8 heteroatoms. The molecule has 0 saturated carbocycles. The summed E-state index contributed by atoms with van der Waals surface area (Å²) in [6, 6.07) is 5.66. The first-order chi connectivity index (χ1) is 11.0. The van der Waals surface area contributed by atoms with E-state index in [4.69, 9.17) is 0 Å². The smallest absolute Gasteiger partial charge is 0.345 e. The van der Waals surface area contributed by atoms with Gasteiger partial charge in [-0.05, 0) is 17.7 Å². The van der Waals surface area contributed by atoms with Gasteiger partial charge in [-0.1, -0.05) is 12.1 Å². The maximum atomic E-state index is 12.8. The van der Waals surface area contributed by atoms with Crippen LogP contribution in [-0.4, -0.2) is 28.5 Å². The van der Waals surface area contributed by atoms with E-state index < -0.39 is 17.4 Å². The van der Waals surface area contributed by atoms with Gasteiger partial charge in [0.05, 0.1) is 13.4 Å². The second-order valence-corrected chi connectivity index (χ2v) is 4.64. The summed E-state index contributed by atoms with van der Waals surface area (Å²) in [5, 5.41) is 2.59. The highest BCUT2D eigenvalue weighted by Gasteiger charge is 2.14. The molecular formula is C15H14FN3O4. The fraction of sp³-hybridized carbons (Fsp3) is 0.200. The number of esters is 1. The topological polar surface area (TPSA) is 90.3 Å². The fourth-order valence-electron chi connectivity index (χ4n) is 1.83. The number of nitrogens with one attached hydrogen (secondary N) is 1. The summed E-state index contributed by atoms with van der Waals surface area (Å²) in [6.45, 7) is -0.101. The second-order valence-electron chi connectivity index (χ2n) is 4.64. The number of amides is 1. The molecule has 0 atom stereocenters. The van der Waals surface area contributed by atoms with Crippen molar-refractivity contribution in [3.8, 4) is 0 Å². The Bertz CT molecular complexity index is 771. The number of benzene rings is 1. The van der Waals surface area contributed by atoms with Crippen molar-refractivity contribution in [2.75, 3.05) is 7.11 Å². The zero-order chi connectivity index (χ0) is 16.8. The molecule has 0 bridgehead atoms. The third-order valence-electron chi connectivity index (χ3n) is 3.02. The molecule has 0 aliphatic rings. The van der Waals surface area contributed by atoms with Crippen LogP contribution in [0.3, 0.4) is 0 Å². The third-order valence-corrected chi connectivity index (χ3v) is 3.02. The minimum Gasteiger partial charge on any atom is -0.465 e. The predicted molar refractivity (Wildman–Crippen MR) is 78.1 cm³/mol. The monoisotopic (exact) mass is 319 g/mol. The lowest BCUT2D eigenvalue weighted by Crippen LogP contribution is -2.34. The van der Waals surface area contributed by atoms with Crippen LogP contribution in [0.25, 0.3) is 0 Å². The van der Waals surface area contributed by atoms with Gasteiger partial charge in [-0.25, -0.2) is 14.2 Å². The van der Waals surface area contributed by atoms with Crippen LogP contribution in [0.15, 0.2) is 41.6 Å². The molecule has 120 valence electrons. The van der Waals surface area contributed by atoms with E-state index in [0.717, 1.165) is 24.2 Å². The van der Waals surface area contributed by atoms with Gasteiger partial charge in [0.2, 0.25) is 5.91 Å². The highest BCUT2D eigenvalue weighted by atomic mass is 19.1. The van der Waals surface area contributed by atoms with Crippen LogP contribution in [0.5, 0.6) is 0 Å². The zero-order valence-corrected chi connectivity index (χ0v) is 12.3. The molecule has 2 aromatic rings. The van der Waals surface area contributed by atoms with Crippen molar-refractivity contribution in [2.24, 2.45) is 0 Å². The summed E-state index contributed by atoms with van der Waals surface area (Å²) in [5.74, 6) is -1.62. The minimum absolute atomic E-state index is 0.192. The van der Waals surface area contributed by atoms with Crippen molar-refractivity contribution < 1.29 is 18.7 Å². The van der Waals surface area contributed by atoms with Crippen molar-refractivity contribution in [3.63, 3.8) is 0 Å². The quantitative estimate of drug-likeness (QED) is 0.810. The second kappa shape index (κ2) is 7.30. The number of methoxy groups -OCH3 is 1. The molecule has 1 N–H and O–H groups in total. The van der Waals surface area contributed by atoms with Crippen LogP contribution >= 0.6 is 0 Å². The van der Waals surface area contributed by atoms with Gasteiger partial charge in [-0.15, -0.1) is 0 Å². The van der Waals surface area contributed by atoms with E-state index in [1.165, 1.54) is 12.1 Å². The first-order valence-corrected chi connectivity index (χ1v) is 6.65. The van der Waals surface area contributed by atoms with Crippen molar-refractivity contribution in [1.29, 1.82) is 0 Å². The Kier molecular flexibility index (Phi) is 5.19. The van der Waals surface area contributed by atoms with Crippen molar-refractivity contribution in [1.82, 2.24) is 14.9 Å². The number of halogens is 1. The molecule has 2 rings (SSSR count). The molecule has 1 aromatic heterocycles. The van der Waals surface area contributed by atoms with Gasteiger partial charge in [0.25, 0.3) is 5.56 Å². The van der Waals surface area contributed by atoms with Crippen LogP contribution in [0.4, 0.5) is 4.39 Å². The number of hydrogen-bond acceptors (Lipinski definition) is 5. The number of hydrogen-bond donors (Lipinski definition) is 1. The van der Waals surface area contributed by atoms with E-state index in [9.17, 15) is 18.8 Å². The number of ether oxygens (including phenoxy) is 1. The molecule has 1 amide bonds. The number of aromatic nitrogens is 2. The summed E-state index contributed by atoms with van der Waals surface area (Å²) in [4.78, 5) is 39.0. The lowest BCUT2D eigenvalue weighted by Gasteiger charge is -2.08. The van der Waals surface area contributed by atoms with Gasteiger partial charge >= 0.3 is 5.97 Å². The van der Waals surface area contributed by atoms with Gasteiger partial charge in [-0.2, -0.15) is 0 Å². The average molecular weight is 319 g/mol. The Balaban J connectivity index is 2.01. The molecule has 23 heavy (non-hydrogen) atoms. The van der Waals surface area contributed by atoms with E-state index in [2.05, 4.69) is 15.0 Å². The number of carbonyl (C=O) groups excluding carboxylic acids is 2. The molecule has 7 nitrogen and oxygen atoms in total. The normalized spacial score (nSPS) is 10.2. The third kappa shape index (κ3) is 4.22. The predicted octanol–water partition coefficient (Wildman–Crippen LogP) is 0.485. The number of carbonyl (C=O) groups is 2.